The second-order valence-corrected chi connectivity index (χ2v) is 13.4. The highest BCUT2D eigenvalue weighted by Gasteiger charge is 2.58. The van der Waals surface area contributed by atoms with E-state index in [1.165, 1.54) is 28.8 Å². The van der Waals surface area contributed by atoms with Crippen LogP contribution in [0.3, 0.4) is 0 Å². The first-order valence-electron chi connectivity index (χ1n) is 15.8. The van der Waals surface area contributed by atoms with E-state index in [0.717, 1.165) is 71.1 Å². The van der Waals surface area contributed by atoms with Gasteiger partial charge in [0.05, 0.1) is 13.2 Å². The van der Waals surface area contributed by atoms with Gasteiger partial charge in [0.25, 0.3) is 0 Å². The summed E-state index contributed by atoms with van der Waals surface area (Å²) in [6, 6.07) is 16.2. The SMILES string of the molecule is C[C@]12CC[C@@H]3c4ccc(N5CCc6ccccc6C5)cc4CC[C@H]3[C@@H]1[C@@H](CCCC(=O)N1CCOCC1)CC2=O. The lowest BCUT2D eigenvalue weighted by molar-refractivity contribution is -0.135. The largest absolute Gasteiger partial charge is 0.378 e. The number of hydrogen-bond donors (Lipinski definition) is 0. The molecule has 5 heteroatoms. The smallest absolute Gasteiger partial charge is 0.222 e. The van der Waals surface area contributed by atoms with Crippen molar-refractivity contribution in [3.8, 4) is 0 Å². The zero-order valence-corrected chi connectivity index (χ0v) is 24.1. The number of carbonyl (C=O) groups is 2. The van der Waals surface area contributed by atoms with Crippen molar-refractivity contribution in [1.29, 1.82) is 0 Å². The minimum atomic E-state index is -0.168. The molecular weight excluding hydrogens is 496 g/mol. The Morgan fingerprint density at radius 2 is 1.82 bits per heavy atom. The number of aryl methyl sites for hydroxylation is 1. The Kier molecular flexibility index (Phi) is 6.98. The molecule has 0 spiro atoms. The number of ketones is 1. The molecular formula is C35H44N2O3. The lowest BCUT2D eigenvalue weighted by Gasteiger charge is -2.50. The molecule has 2 aromatic carbocycles. The maximum atomic E-state index is 13.4. The molecule has 1 amide bonds. The van der Waals surface area contributed by atoms with E-state index in [-0.39, 0.29) is 11.3 Å². The fraction of sp³-hybridized carbons (Fsp3) is 0.600. The third-order valence-electron chi connectivity index (χ3n) is 11.4. The van der Waals surface area contributed by atoms with E-state index in [1.54, 1.807) is 5.56 Å². The number of Topliss-reactive ketones (excluding diaryl/α,β-unsaturated/α-hetero) is 1. The molecule has 2 aromatic rings. The summed E-state index contributed by atoms with van der Waals surface area (Å²) in [4.78, 5) is 30.7. The van der Waals surface area contributed by atoms with Crippen LogP contribution in [-0.4, -0.2) is 49.4 Å². The quantitative estimate of drug-likeness (QED) is 0.472. The minimum absolute atomic E-state index is 0.168. The number of hydrogen-bond acceptors (Lipinski definition) is 4. The van der Waals surface area contributed by atoms with Crippen molar-refractivity contribution in [2.45, 2.75) is 77.2 Å². The third-order valence-corrected chi connectivity index (χ3v) is 11.4. The summed E-state index contributed by atoms with van der Waals surface area (Å²) in [5, 5.41) is 0. The van der Waals surface area contributed by atoms with Crippen LogP contribution in [-0.2, 0) is 33.7 Å². The Bertz CT molecular complexity index is 1280. The summed E-state index contributed by atoms with van der Waals surface area (Å²) in [7, 11) is 0. The van der Waals surface area contributed by atoms with Crippen molar-refractivity contribution in [2.75, 3.05) is 37.7 Å². The molecule has 5 nitrogen and oxygen atoms in total. The van der Waals surface area contributed by atoms with Gasteiger partial charge in [-0.2, -0.15) is 0 Å². The number of fused-ring (bicyclic) bond motifs is 6. The van der Waals surface area contributed by atoms with Gasteiger partial charge in [0.15, 0.2) is 0 Å². The zero-order valence-electron chi connectivity index (χ0n) is 24.1. The maximum Gasteiger partial charge on any atom is 0.222 e. The van der Waals surface area contributed by atoms with Crippen molar-refractivity contribution in [3.63, 3.8) is 0 Å². The van der Waals surface area contributed by atoms with Gasteiger partial charge in [-0.1, -0.05) is 37.3 Å². The van der Waals surface area contributed by atoms with Crippen LogP contribution in [0.1, 0.15) is 80.0 Å². The van der Waals surface area contributed by atoms with Gasteiger partial charge in [0.1, 0.15) is 5.78 Å². The Labute approximate surface area is 239 Å². The number of carbonyl (C=O) groups excluding carboxylic acids is 2. The van der Waals surface area contributed by atoms with Crippen LogP contribution in [0.15, 0.2) is 42.5 Å². The number of rotatable bonds is 5. The molecule has 0 aromatic heterocycles. The van der Waals surface area contributed by atoms with Crippen molar-refractivity contribution < 1.29 is 14.3 Å². The predicted molar refractivity (Wildman–Crippen MR) is 157 cm³/mol. The highest BCUT2D eigenvalue weighted by molar-refractivity contribution is 5.87. The van der Waals surface area contributed by atoms with Crippen LogP contribution in [0.4, 0.5) is 5.69 Å². The molecule has 2 aliphatic heterocycles. The van der Waals surface area contributed by atoms with E-state index in [0.29, 0.717) is 49.1 Å². The molecule has 0 N–H and O–H groups in total. The van der Waals surface area contributed by atoms with E-state index in [1.807, 2.05) is 4.90 Å². The standard InChI is InChI=1S/C35H44N2O3/c1-35-15-13-30-29-12-10-28(37-16-14-24-5-2-3-6-27(24)23-37)21-25(29)9-11-31(30)34(35)26(22-32(35)38)7-4-8-33(39)36-17-19-40-20-18-36/h2-3,5-6,10,12,21,26,30-31,34H,4,7-9,11,13-20,22-23H2,1H3/t26-,30+,31+,34-,35+/m0/s1. The molecule has 0 radical (unpaired) electrons. The normalized spacial score (nSPS) is 31.3. The number of ether oxygens (including phenoxy) is 1. The first kappa shape index (κ1) is 26.3. The molecule has 3 aliphatic carbocycles. The maximum absolute atomic E-state index is 13.4. The van der Waals surface area contributed by atoms with E-state index < -0.39 is 0 Å². The highest BCUT2D eigenvalue weighted by Crippen LogP contribution is 2.62. The topological polar surface area (TPSA) is 49.9 Å². The number of morpholine rings is 1. The van der Waals surface area contributed by atoms with Crippen molar-refractivity contribution in [3.05, 3.63) is 64.7 Å². The molecule has 7 rings (SSSR count). The van der Waals surface area contributed by atoms with Crippen LogP contribution in [0, 0.1) is 23.2 Å². The molecule has 2 saturated carbocycles. The summed E-state index contributed by atoms with van der Waals surface area (Å²) in [5.74, 6) is 2.80. The number of nitrogens with zero attached hydrogens (tertiary/aromatic N) is 2. The molecule has 5 aliphatic rings. The van der Waals surface area contributed by atoms with Crippen molar-refractivity contribution in [1.82, 2.24) is 4.90 Å². The Hall–Kier alpha value is -2.66. The predicted octanol–water partition coefficient (Wildman–Crippen LogP) is 5.93. The molecule has 212 valence electrons. The number of anilines is 1. The van der Waals surface area contributed by atoms with E-state index in [4.69, 9.17) is 4.74 Å². The monoisotopic (exact) mass is 540 g/mol. The number of amides is 1. The fourth-order valence-corrected chi connectivity index (χ4v) is 9.29. The molecule has 5 atom stereocenters. The zero-order chi connectivity index (χ0) is 27.3. The molecule has 0 unspecified atom stereocenters. The van der Waals surface area contributed by atoms with Gasteiger partial charge >= 0.3 is 0 Å². The highest BCUT2D eigenvalue weighted by atomic mass is 16.5. The summed E-state index contributed by atoms with van der Waals surface area (Å²) in [6.07, 6.45) is 8.82. The van der Waals surface area contributed by atoms with Gasteiger partial charge in [-0.3, -0.25) is 9.59 Å². The van der Waals surface area contributed by atoms with Crippen molar-refractivity contribution in [2.24, 2.45) is 23.2 Å². The lowest BCUT2D eigenvalue weighted by atomic mass is 9.54. The summed E-state index contributed by atoms with van der Waals surface area (Å²) in [6.45, 7) is 7.11. The Morgan fingerprint density at radius 1 is 1.00 bits per heavy atom. The first-order chi connectivity index (χ1) is 19.5. The number of benzene rings is 2. The Balaban J connectivity index is 1.05. The van der Waals surface area contributed by atoms with Crippen LogP contribution in [0.2, 0.25) is 0 Å². The molecule has 1 saturated heterocycles. The van der Waals surface area contributed by atoms with Gasteiger partial charge in [-0.25, -0.2) is 0 Å². The first-order valence-corrected chi connectivity index (χ1v) is 15.8. The van der Waals surface area contributed by atoms with Gasteiger partial charge < -0.3 is 14.5 Å². The van der Waals surface area contributed by atoms with Gasteiger partial charge in [-0.05, 0) is 103 Å². The molecule has 40 heavy (non-hydrogen) atoms. The minimum Gasteiger partial charge on any atom is -0.378 e. The van der Waals surface area contributed by atoms with Crippen molar-refractivity contribution >= 4 is 17.4 Å². The molecule has 3 fully saturated rings. The summed E-state index contributed by atoms with van der Waals surface area (Å²) >= 11 is 0. The summed E-state index contributed by atoms with van der Waals surface area (Å²) in [5.41, 5.74) is 7.25. The van der Waals surface area contributed by atoms with Crippen LogP contribution >= 0.6 is 0 Å². The van der Waals surface area contributed by atoms with Gasteiger partial charge in [-0.15, -0.1) is 0 Å². The van der Waals surface area contributed by atoms with Crippen LogP contribution in [0.25, 0.3) is 0 Å². The summed E-state index contributed by atoms with van der Waals surface area (Å²) < 4.78 is 5.41. The van der Waals surface area contributed by atoms with Crippen LogP contribution in [0.5, 0.6) is 0 Å². The molecule has 2 heterocycles. The average Bonchev–Trinajstić information content (AvgIpc) is 3.26. The van der Waals surface area contributed by atoms with Gasteiger partial charge in [0, 0.05) is 50.1 Å². The molecule has 0 bridgehead atoms. The van der Waals surface area contributed by atoms with E-state index in [2.05, 4.69) is 54.3 Å². The third kappa shape index (κ3) is 4.58. The fourth-order valence-electron chi connectivity index (χ4n) is 9.29. The van der Waals surface area contributed by atoms with Gasteiger partial charge in [0.2, 0.25) is 5.91 Å². The van der Waals surface area contributed by atoms with E-state index in [9.17, 15) is 9.59 Å². The second-order valence-electron chi connectivity index (χ2n) is 13.4. The lowest BCUT2D eigenvalue weighted by Crippen LogP contribution is -2.44. The Morgan fingerprint density at radius 3 is 2.67 bits per heavy atom. The second kappa shape index (κ2) is 10.6. The van der Waals surface area contributed by atoms with E-state index >= 15 is 0 Å². The van der Waals surface area contributed by atoms with Crippen LogP contribution < -0.4 is 4.90 Å². The average molecular weight is 541 g/mol.